The molecule has 23 heavy (non-hydrogen) atoms. The molecule has 0 aliphatic heterocycles. The first-order chi connectivity index (χ1) is 11.0. The van der Waals surface area contributed by atoms with Gasteiger partial charge in [0, 0.05) is 16.5 Å². The highest BCUT2D eigenvalue weighted by atomic mass is 32.1. The van der Waals surface area contributed by atoms with Crippen LogP contribution in [0.3, 0.4) is 0 Å². The van der Waals surface area contributed by atoms with E-state index in [2.05, 4.69) is 29.4 Å². The van der Waals surface area contributed by atoms with Gasteiger partial charge in [0.2, 0.25) is 0 Å². The number of anilines is 1. The molecule has 116 valence electrons. The van der Waals surface area contributed by atoms with Crippen molar-refractivity contribution < 1.29 is 4.79 Å². The topological polar surface area (TPSA) is 42.0 Å². The fourth-order valence-corrected chi connectivity index (χ4v) is 3.14. The zero-order valence-electron chi connectivity index (χ0n) is 13.4. The van der Waals surface area contributed by atoms with E-state index in [0.717, 1.165) is 22.4 Å². The Morgan fingerprint density at radius 2 is 1.70 bits per heavy atom. The SMILES string of the molecule is Cc1ccc(-c2csc(NC(=O)c3ccc(C)cc3C)n2)cc1. The molecule has 3 nitrogen and oxygen atoms in total. The summed E-state index contributed by atoms with van der Waals surface area (Å²) in [6.45, 7) is 6.02. The summed E-state index contributed by atoms with van der Waals surface area (Å²) in [5.41, 5.74) is 5.95. The van der Waals surface area contributed by atoms with Gasteiger partial charge < -0.3 is 0 Å². The molecule has 0 aliphatic carbocycles. The number of carbonyl (C=O) groups excluding carboxylic acids is 1. The summed E-state index contributed by atoms with van der Waals surface area (Å²) in [7, 11) is 0. The zero-order chi connectivity index (χ0) is 16.4. The number of carbonyl (C=O) groups is 1. The number of rotatable bonds is 3. The molecule has 1 heterocycles. The Labute approximate surface area is 140 Å². The van der Waals surface area contributed by atoms with Crippen LogP contribution in [0.4, 0.5) is 5.13 Å². The number of aromatic nitrogens is 1. The summed E-state index contributed by atoms with van der Waals surface area (Å²) in [4.78, 5) is 16.9. The van der Waals surface area contributed by atoms with Gasteiger partial charge >= 0.3 is 0 Å². The standard InChI is InChI=1S/C19H18N2OS/c1-12-4-7-15(8-5-12)17-11-23-19(20-17)21-18(22)16-9-6-13(2)10-14(16)3/h4-11H,1-3H3,(H,20,21,22). The first-order valence-electron chi connectivity index (χ1n) is 7.44. The van der Waals surface area contributed by atoms with Crippen LogP contribution >= 0.6 is 11.3 Å². The van der Waals surface area contributed by atoms with E-state index in [-0.39, 0.29) is 5.91 Å². The largest absolute Gasteiger partial charge is 0.298 e. The van der Waals surface area contributed by atoms with Crippen molar-refractivity contribution in [2.45, 2.75) is 20.8 Å². The second kappa shape index (κ2) is 6.34. The number of hydrogen-bond donors (Lipinski definition) is 1. The first kappa shape index (κ1) is 15.4. The van der Waals surface area contributed by atoms with Gasteiger partial charge in [-0.1, -0.05) is 47.5 Å². The molecule has 0 bridgehead atoms. The highest BCUT2D eigenvalue weighted by Crippen LogP contribution is 2.25. The fourth-order valence-electron chi connectivity index (χ4n) is 2.42. The Balaban J connectivity index is 1.78. The average Bonchev–Trinajstić information content (AvgIpc) is 2.96. The van der Waals surface area contributed by atoms with Crippen LogP contribution < -0.4 is 5.32 Å². The molecule has 0 saturated carbocycles. The van der Waals surface area contributed by atoms with E-state index in [1.54, 1.807) is 0 Å². The van der Waals surface area contributed by atoms with Crippen molar-refractivity contribution in [3.8, 4) is 11.3 Å². The number of benzene rings is 2. The third-order valence-corrected chi connectivity index (χ3v) is 4.46. The van der Waals surface area contributed by atoms with Crippen LogP contribution in [0.1, 0.15) is 27.0 Å². The lowest BCUT2D eigenvalue weighted by molar-refractivity contribution is 0.102. The van der Waals surface area contributed by atoms with E-state index in [1.165, 1.54) is 16.9 Å². The van der Waals surface area contributed by atoms with Crippen LogP contribution in [-0.4, -0.2) is 10.9 Å². The van der Waals surface area contributed by atoms with Crippen LogP contribution in [0.5, 0.6) is 0 Å². The Kier molecular flexibility index (Phi) is 4.26. The van der Waals surface area contributed by atoms with E-state index < -0.39 is 0 Å². The third-order valence-electron chi connectivity index (χ3n) is 3.70. The van der Waals surface area contributed by atoms with Crippen molar-refractivity contribution >= 4 is 22.4 Å². The van der Waals surface area contributed by atoms with Crippen LogP contribution in [-0.2, 0) is 0 Å². The van der Waals surface area contributed by atoms with Crippen molar-refractivity contribution in [1.82, 2.24) is 4.98 Å². The maximum absolute atomic E-state index is 12.4. The molecule has 3 aromatic rings. The average molecular weight is 322 g/mol. The fraction of sp³-hybridized carbons (Fsp3) is 0.158. The molecule has 0 aliphatic rings. The number of aryl methyl sites for hydroxylation is 3. The molecule has 0 spiro atoms. The van der Waals surface area contributed by atoms with Gasteiger partial charge in [-0.2, -0.15) is 0 Å². The van der Waals surface area contributed by atoms with Gasteiger partial charge in [0.25, 0.3) is 5.91 Å². The lowest BCUT2D eigenvalue weighted by atomic mass is 10.1. The lowest BCUT2D eigenvalue weighted by Gasteiger charge is -2.06. The number of thiazole rings is 1. The van der Waals surface area contributed by atoms with Gasteiger partial charge in [-0.15, -0.1) is 11.3 Å². The van der Waals surface area contributed by atoms with Crippen molar-refractivity contribution in [3.05, 3.63) is 70.1 Å². The molecule has 4 heteroatoms. The van der Waals surface area contributed by atoms with Crippen molar-refractivity contribution in [1.29, 1.82) is 0 Å². The number of nitrogens with one attached hydrogen (secondary N) is 1. The number of nitrogens with zero attached hydrogens (tertiary/aromatic N) is 1. The molecule has 1 N–H and O–H groups in total. The van der Waals surface area contributed by atoms with Gasteiger partial charge in [-0.3, -0.25) is 10.1 Å². The monoisotopic (exact) mass is 322 g/mol. The molecule has 0 saturated heterocycles. The van der Waals surface area contributed by atoms with Gasteiger partial charge in [-0.25, -0.2) is 4.98 Å². The van der Waals surface area contributed by atoms with E-state index in [1.807, 2.05) is 49.6 Å². The van der Waals surface area contributed by atoms with Crippen molar-refractivity contribution in [2.24, 2.45) is 0 Å². The van der Waals surface area contributed by atoms with Gasteiger partial charge in [-0.05, 0) is 32.4 Å². The van der Waals surface area contributed by atoms with Gasteiger partial charge in [0.15, 0.2) is 5.13 Å². The van der Waals surface area contributed by atoms with E-state index in [0.29, 0.717) is 10.7 Å². The summed E-state index contributed by atoms with van der Waals surface area (Å²) in [5, 5.41) is 5.47. The van der Waals surface area contributed by atoms with E-state index in [4.69, 9.17) is 0 Å². The Hall–Kier alpha value is -2.46. The normalized spacial score (nSPS) is 10.6. The first-order valence-corrected chi connectivity index (χ1v) is 8.32. The van der Waals surface area contributed by atoms with E-state index in [9.17, 15) is 4.79 Å². The van der Waals surface area contributed by atoms with Crippen molar-refractivity contribution in [3.63, 3.8) is 0 Å². The summed E-state index contributed by atoms with van der Waals surface area (Å²) < 4.78 is 0. The zero-order valence-corrected chi connectivity index (χ0v) is 14.2. The van der Waals surface area contributed by atoms with Crippen LogP contribution in [0.2, 0.25) is 0 Å². The third kappa shape index (κ3) is 3.48. The predicted molar refractivity (Wildman–Crippen MR) is 96.2 cm³/mol. The minimum atomic E-state index is -0.118. The summed E-state index contributed by atoms with van der Waals surface area (Å²) in [5.74, 6) is -0.118. The molecule has 1 aromatic heterocycles. The minimum Gasteiger partial charge on any atom is -0.298 e. The Morgan fingerprint density at radius 3 is 2.39 bits per heavy atom. The summed E-state index contributed by atoms with van der Waals surface area (Å²) in [6, 6.07) is 14.0. The maximum atomic E-state index is 12.4. The highest BCUT2D eigenvalue weighted by Gasteiger charge is 2.12. The number of hydrogen-bond acceptors (Lipinski definition) is 3. The molecular formula is C19H18N2OS. The van der Waals surface area contributed by atoms with Gasteiger partial charge in [0.1, 0.15) is 0 Å². The quantitative estimate of drug-likeness (QED) is 0.738. The molecule has 0 unspecified atom stereocenters. The molecule has 0 radical (unpaired) electrons. The molecule has 1 amide bonds. The molecular weight excluding hydrogens is 304 g/mol. The Bertz CT molecular complexity index is 850. The summed E-state index contributed by atoms with van der Waals surface area (Å²) in [6.07, 6.45) is 0. The second-order valence-electron chi connectivity index (χ2n) is 5.68. The van der Waals surface area contributed by atoms with Crippen LogP contribution in [0, 0.1) is 20.8 Å². The predicted octanol–water partition coefficient (Wildman–Crippen LogP) is 4.99. The Morgan fingerprint density at radius 1 is 1.00 bits per heavy atom. The molecule has 3 rings (SSSR count). The molecule has 2 aromatic carbocycles. The minimum absolute atomic E-state index is 0.118. The number of amides is 1. The lowest BCUT2D eigenvalue weighted by Crippen LogP contribution is -2.13. The van der Waals surface area contributed by atoms with Gasteiger partial charge in [0.05, 0.1) is 5.69 Å². The smallest absolute Gasteiger partial charge is 0.257 e. The van der Waals surface area contributed by atoms with Crippen LogP contribution in [0.15, 0.2) is 47.8 Å². The van der Waals surface area contributed by atoms with Crippen LogP contribution in [0.25, 0.3) is 11.3 Å². The molecule has 0 fully saturated rings. The van der Waals surface area contributed by atoms with E-state index >= 15 is 0 Å². The second-order valence-corrected chi connectivity index (χ2v) is 6.53. The van der Waals surface area contributed by atoms with Crippen molar-refractivity contribution in [2.75, 3.05) is 5.32 Å². The highest BCUT2D eigenvalue weighted by molar-refractivity contribution is 7.14. The maximum Gasteiger partial charge on any atom is 0.257 e. The molecule has 0 atom stereocenters. The summed E-state index contributed by atoms with van der Waals surface area (Å²) >= 11 is 1.44.